The van der Waals surface area contributed by atoms with Crippen LogP contribution in [0.3, 0.4) is 0 Å². The Morgan fingerprint density at radius 2 is 2.11 bits per heavy atom. The second kappa shape index (κ2) is 4.63. The van der Waals surface area contributed by atoms with Crippen molar-refractivity contribution in [1.29, 1.82) is 5.26 Å². The molecule has 0 radical (unpaired) electrons. The number of benzene rings is 1. The van der Waals surface area contributed by atoms with Crippen LogP contribution in [-0.4, -0.2) is 14.7 Å². The fourth-order valence-electron chi connectivity index (χ4n) is 1.92. The largest absolute Gasteiger partial charge is 0.389 e. The number of hydrogen-bond acceptors (Lipinski definition) is 3. The van der Waals surface area contributed by atoms with Crippen molar-refractivity contribution < 1.29 is 5.11 Å². The zero-order chi connectivity index (χ0) is 13.3. The number of aryl methyl sites for hydroxylation is 1. The topological polar surface area (TPSA) is 61.8 Å². The number of rotatable bonds is 2. The average Bonchev–Trinajstić information content (AvgIpc) is 2.69. The molecule has 0 aliphatic carbocycles. The van der Waals surface area contributed by atoms with E-state index in [-0.39, 0.29) is 0 Å². The lowest BCUT2D eigenvalue weighted by atomic mass is 10.0. The van der Waals surface area contributed by atoms with Gasteiger partial charge in [-0.1, -0.05) is 6.07 Å². The number of hydrogen-bond donors (Lipinski definition) is 1. The predicted octanol–water partition coefficient (Wildman–Crippen LogP) is 2.41. The summed E-state index contributed by atoms with van der Waals surface area (Å²) in [6.45, 7) is 5.61. The highest BCUT2D eigenvalue weighted by molar-refractivity contribution is 5.49. The van der Waals surface area contributed by atoms with E-state index in [0.717, 1.165) is 22.6 Å². The third-order valence-corrected chi connectivity index (χ3v) is 3.12. The summed E-state index contributed by atoms with van der Waals surface area (Å²) in [5, 5.41) is 18.8. The van der Waals surface area contributed by atoms with Crippen molar-refractivity contribution in [2.75, 3.05) is 0 Å². The molecule has 0 aliphatic heterocycles. The first-order valence-electron chi connectivity index (χ1n) is 5.77. The van der Waals surface area contributed by atoms with E-state index in [1.165, 1.54) is 0 Å². The number of aliphatic hydroxyl groups excluding tert-OH is 1. The van der Waals surface area contributed by atoms with Gasteiger partial charge >= 0.3 is 0 Å². The molecule has 1 aromatic heterocycles. The number of imidazole rings is 1. The van der Waals surface area contributed by atoms with Gasteiger partial charge in [0.25, 0.3) is 0 Å². The van der Waals surface area contributed by atoms with E-state index in [9.17, 15) is 5.11 Å². The van der Waals surface area contributed by atoms with Crippen molar-refractivity contribution >= 4 is 0 Å². The van der Waals surface area contributed by atoms with Crippen LogP contribution in [0.25, 0.3) is 5.69 Å². The van der Waals surface area contributed by atoms with Gasteiger partial charge in [-0.15, -0.1) is 0 Å². The number of nitriles is 1. The molecule has 0 spiro atoms. The second-order valence-corrected chi connectivity index (χ2v) is 4.35. The van der Waals surface area contributed by atoms with E-state index in [2.05, 4.69) is 11.1 Å². The van der Waals surface area contributed by atoms with Crippen molar-refractivity contribution in [3.63, 3.8) is 0 Å². The molecule has 4 nitrogen and oxygen atoms in total. The lowest BCUT2D eigenvalue weighted by Gasteiger charge is -2.14. The number of aliphatic hydroxyl groups is 1. The zero-order valence-electron chi connectivity index (χ0n) is 10.7. The Labute approximate surface area is 106 Å². The molecular formula is C14H15N3O. The standard InChI is InChI=1S/C14H15N3O/c1-9-10(2)17(8-16-9)14-6-12(7-15)4-5-13(14)11(3)18/h4-6,8,11,18H,1-3H3. The van der Waals surface area contributed by atoms with Crippen LogP contribution in [0.15, 0.2) is 24.5 Å². The van der Waals surface area contributed by atoms with Crippen molar-refractivity contribution in [1.82, 2.24) is 9.55 Å². The Kier molecular flexibility index (Phi) is 3.17. The minimum Gasteiger partial charge on any atom is -0.389 e. The van der Waals surface area contributed by atoms with Gasteiger partial charge in [0.15, 0.2) is 0 Å². The normalized spacial score (nSPS) is 12.2. The molecular weight excluding hydrogens is 226 g/mol. The molecule has 2 rings (SSSR count). The minimum atomic E-state index is -0.588. The minimum absolute atomic E-state index is 0.570. The first-order chi connectivity index (χ1) is 8.54. The molecule has 18 heavy (non-hydrogen) atoms. The molecule has 0 amide bonds. The van der Waals surface area contributed by atoms with Crippen LogP contribution in [0.4, 0.5) is 0 Å². The molecule has 0 bridgehead atoms. The number of nitrogens with zero attached hydrogens (tertiary/aromatic N) is 3. The SMILES string of the molecule is Cc1ncn(-c2cc(C#N)ccc2C(C)O)c1C. The molecule has 0 saturated carbocycles. The van der Waals surface area contributed by atoms with Crippen molar-refractivity contribution in [3.8, 4) is 11.8 Å². The monoisotopic (exact) mass is 241 g/mol. The van der Waals surface area contributed by atoms with Crippen molar-refractivity contribution in [2.24, 2.45) is 0 Å². The second-order valence-electron chi connectivity index (χ2n) is 4.35. The van der Waals surface area contributed by atoms with Gasteiger partial charge in [0, 0.05) is 11.3 Å². The molecule has 1 atom stereocenters. The maximum Gasteiger partial charge on any atom is 0.0997 e. The summed E-state index contributed by atoms with van der Waals surface area (Å²) in [4.78, 5) is 4.25. The summed E-state index contributed by atoms with van der Waals surface area (Å²) in [6.07, 6.45) is 1.13. The van der Waals surface area contributed by atoms with Crippen LogP contribution in [-0.2, 0) is 0 Å². The first kappa shape index (κ1) is 12.3. The summed E-state index contributed by atoms with van der Waals surface area (Å²) in [7, 11) is 0. The molecule has 1 N–H and O–H groups in total. The van der Waals surface area contributed by atoms with E-state index in [0.29, 0.717) is 5.56 Å². The van der Waals surface area contributed by atoms with Crippen LogP contribution >= 0.6 is 0 Å². The summed E-state index contributed by atoms with van der Waals surface area (Å²) >= 11 is 0. The van der Waals surface area contributed by atoms with Gasteiger partial charge in [0.2, 0.25) is 0 Å². The molecule has 0 saturated heterocycles. The molecule has 92 valence electrons. The molecule has 1 unspecified atom stereocenters. The fourth-order valence-corrected chi connectivity index (χ4v) is 1.92. The molecule has 0 fully saturated rings. The highest BCUT2D eigenvalue weighted by Gasteiger charge is 2.13. The lowest BCUT2D eigenvalue weighted by Crippen LogP contribution is -2.04. The van der Waals surface area contributed by atoms with E-state index in [1.807, 2.05) is 18.4 Å². The van der Waals surface area contributed by atoms with Gasteiger partial charge in [0.1, 0.15) is 0 Å². The third kappa shape index (κ3) is 2.01. The van der Waals surface area contributed by atoms with Gasteiger partial charge in [-0.2, -0.15) is 5.26 Å². The lowest BCUT2D eigenvalue weighted by molar-refractivity contribution is 0.199. The van der Waals surface area contributed by atoms with Gasteiger partial charge in [-0.3, -0.25) is 0 Å². The molecule has 1 heterocycles. The Bertz CT molecular complexity index is 620. The Morgan fingerprint density at radius 3 is 2.61 bits per heavy atom. The van der Waals surface area contributed by atoms with E-state index < -0.39 is 6.10 Å². The van der Waals surface area contributed by atoms with Crippen LogP contribution in [0.1, 0.15) is 35.5 Å². The smallest absolute Gasteiger partial charge is 0.0997 e. The molecule has 0 aliphatic rings. The molecule has 4 heteroatoms. The fraction of sp³-hybridized carbons (Fsp3) is 0.286. The highest BCUT2D eigenvalue weighted by atomic mass is 16.3. The maximum atomic E-state index is 9.81. The van der Waals surface area contributed by atoms with Crippen molar-refractivity contribution in [2.45, 2.75) is 26.9 Å². The third-order valence-electron chi connectivity index (χ3n) is 3.12. The highest BCUT2D eigenvalue weighted by Crippen LogP contribution is 2.24. The summed E-state index contributed by atoms with van der Waals surface area (Å²) in [5.74, 6) is 0. The van der Waals surface area contributed by atoms with Crippen LogP contribution in [0, 0.1) is 25.2 Å². The first-order valence-corrected chi connectivity index (χ1v) is 5.77. The van der Waals surface area contributed by atoms with Crippen LogP contribution in [0.2, 0.25) is 0 Å². The van der Waals surface area contributed by atoms with Gasteiger partial charge in [-0.05, 0) is 32.9 Å². The Balaban J connectivity index is 2.68. The van der Waals surface area contributed by atoms with Gasteiger partial charge in [-0.25, -0.2) is 4.98 Å². The van der Waals surface area contributed by atoms with Crippen LogP contribution < -0.4 is 0 Å². The van der Waals surface area contributed by atoms with E-state index in [1.54, 1.807) is 31.5 Å². The van der Waals surface area contributed by atoms with E-state index >= 15 is 0 Å². The number of aromatic nitrogens is 2. The van der Waals surface area contributed by atoms with E-state index in [4.69, 9.17) is 5.26 Å². The zero-order valence-corrected chi connectivity index (χ0v) is 10.7. The summed E-state index contributed by atoms with van der Waals surface area (Å²) < 4.78 is 1.90. The van der Waals surface area contributed by atoms with Crippen molar-refractivity contribution in [3.05, 3.63) is 47.0 Å². The van der Waals surface area contributed by atoms with Crippen LogP contribution in [0.5, 0.6) is 0 Å². The van der Waals surface area contributed by atoms with Gasteiger partial charge in [0.05, 0.1) is 35.4 Å². The predicted molar refractivity (Wildman–Crippen MR) is 68.4 cm³/mol. The molecule has 1 aromatic carbocycles. The Morgan fingerprint density at radius 1 is 1.39 bits per heavy atom. The average molecular weight is 241 g/mol. The quantitative estimate of drug-likeness (QED) is 0.878. The Hall–Kier alpha value is -2.12. The maximum absolute atomic E-state index is 9.81. The summed E-state index contributed by atoms with van der Waals surface area (Å²) in [6, 6.07) is 7.39. The molecule has 2 aromatic rings. The van der Waals surface area contributed by atoms with Gasteiger partial charge < -0.3 is 9.67 Å². The summed E-state index contributed by atoms with van der Waals surface area (Å²) in [5.41, 5.74) is 4.11.